The molecule has 122 valence electrons. The van der Waals surface area contributed by atoms with Crippen molar-refractivity contribution in [2.24, 2.45) is 5.10 Å². The molecule has 0 aliphatic carbocycles. The second-order valence-corrected chi connectivity index (χ2v) is 8.66. The van der Waals surface area contributed by atoms with Crippen LogP contribution in [-0.2, 0) is 15.4 Å². The molecule has 0 aliphatic heterocycles. The third-order valence-corrected chi connectivity index (χ3v) is 5.27. The van der Waals surface area contributed by atoms with Gasteiger partial charge in [-0.25, -0.2) is 4.83 Å². The van der Waals surface area contributed by atoms with Gasteiger partial charge in [-0.1, -0.05) is 67.0 Å². The quantitative estimate of drug-likeness (QED) is 0.627. The Morgan fingerprint density at radius 1 is 1.04 bits per heavy atom. The summed E-state index contributed by atoms with van der Waals surface area (Å²) in [5.74, 6) is 0. The summed E-state index contributed by atoms with van der Waals surface area (Å²) in [4.78, 5) is 2.42. The largest absolute Gasteiger partial charge is 0.276 e. The zero-order valence-electron chi connectivity index (χ0n) is 13.2. The molecular formula is C17H19BrN2O2S. The van der Waals surface area contributed by atoms with Crippen LogP contribution in [0.4, 0.5) is 0 Å². The minimum absolute atomic E-state index is 0.0204. The average Bonchev–Trinajstić information content (AvgIpc) is 2.48. The number of halogens is 1. The van der Waals surface area contributed by atoms with E-state index in [1.807, 2.05) is 36.4 Å². The maximum atomic E-state index is 12.2. The number of sulfonamides is 1. The smallest absolute Gasteiger partial charge is 0.200 e. The zero-order chi connectivity index (χ0) is 17.1. The highest BCUT2D eigenvalue weighted by Gasteiger charge is 2.16. The number of benzene rings is 2. The molecule has 2 aromatic carbocycles. The topological polar surface area (TPSA) is 58.5 Å². The third-order valence-electron chi connectivity index (χ3n) is 3.31. The summed E-state index contributed by atoms with van der Waals surface area (Å²) in [6, 6.07) is 14.3. The van der Waals surface area contributed by atoms with E-state index in [2.05, 4.69) is 46.6 Å². The summed E-state index contributed by atoms with van der Waals surface area (Å²) in [7, 11) is -3.67. The van der Waals surface area contributed by atoms with Crippen LogP contribution in [-0.4, -0.2) is 14.6 Å². The van der Waals surface area contributed by atoms with Crippen LogP contribution in [0.2, 0.25) is 0 Å². The Balaban J connectivity index is 2.15. The Hall–Kier alpha value is -1.66. The SMILES string of the molecule is CC(C)(C)c1ccc(S(=O)(=O)N/N=C\c2ccccc2Br)cc1. The number of hydrazone groups is 1. The first kappa shape index (κ1) is 17.7. The van der Waals surface area contributed by atoms with Gasteiger partial charge in [0.25, 0.3) is 10.0 Å². The van der Waals surface area contributed by atoms with E-state index in [4.69, 9.17) is 0 Å². The lowest BCUT2D eigenvalue weighted by atomic mass is 9.87. The fourth-order valence-corrected chi connectivity index (χ4v) is 3.11. The monoisotopic (exact) mass is 394 g/mol. The van der Waals surface area contributed by atoms with Crippen LogP contribution in [0.25, 0.3) is 0 Å². The maximum Gasteiger partial charge on any atom is 0.276 e. The highest BCUT2D eigenvalue weighted by Crippen LogP contribution is 2.23. The van der Waals surface area contributed by atoms with Crippen LogP contribution in [0.3, 0.4) is 0 Å². The van der Waals surface area contributed by atoms with Gasteiger partial charge in [-0.3, -0.25) is 0 Å². The molecule has 23 heavy (non-hydrogen) atoms. The molecule has 0 saturated heterocycles. The summed E-state index contributed by atoms with van der Waals surface area (Å²) in [6.07, 6.45) is 1.46. The van der Waals surface area contributed by atoms with Crippen molar-refractivity contribution in [1.82, 2.24) is 4.83 Å². The fraction of sp³-hybridized carbons (Fsp3) is 0.235. The molecule has 0 heterocycles. The number of nitrogens with one attached hydrogen (secondary N) is 1. The number of hydrogen-bond donors (Lipinski definition) is 1. The van der Waals surface area contributed by atoms with Crippen molar-refractivity contribution >= 4 is 32.2 Å². The van der Waals surface area contributed by atoms with E-state index in [1.165, 1.54) is 6.21 Å². The molecule has 2 rings (SSSR count). The van der Waals surface area contributed by atoms with E-state index in [1.54, 1.807) is 12.1 Å². The first-order chi connectivity index (χ1) is 10.7. The summed E-state index contributed by atoms with van der Waals surface area (Å²) in [5, 5.41) is 3.83. The van der Waals surface area contributed by atoms with Crippen molar-refractivity contribution in [1.29, 1.82) is 0 Å². The lowest BCUT2D eigenvalue weighted by Crippen LogP contribution is -2.19. The van der Waals surface area contributed by atoms with Gasteiger partial charge >= 0.3 is 0 Å². The van der Waals surface area contributed by atoms with Crippen molar-refractivity contribution in [3.8, 4) is 0 Å². The zero-order valence-corrected chi connectivity index (χ0v) is 15.6. The molecule has 0 unspecified atom stereocenters. The Labute approximate surface area is 145 Å². The lowest BCUT2D eigenvalue weighted by molar-refractivity contribution is 0.580. The summed E-state index contributed by atoms with van der Waals surface area (Å²) in [5.41, 5.74) is 1.85. The molecule has 0 atom stereocenters. The fourth-order valence-electron chi connectivity index (χ4n) is 1.93. The van der Waals surface area contributed by atoms with Crippen molar-refractivity contribution in [2.75, 3.05) is 0 Å². The van der Waals surface area contributed by atoms with Crippen LogP contribution < -0.4 is 4.83 Å². The van der Waals surface area contributed by atoms with E-state index >= 15 is 0 Å². The molecule has 6 heteroatoms. The van der Waals surface area contributed by atoms with Gasteiger partial charge in [-0.15, -0.1) is 0 Å². The second-order valence-electron chi connectivity index (χ2n) is 6.15. The summed E-state index contributed by atoms with van der Waals surface area (Å²) in [6.45, 7) is 6.24. The van der Waals surface area contributed by atoms with Gasteiger partial charge in [-0.2, -0.15) is 13.5 Å². The summed E-state index contributed by atoms with van der Waals surface area (Å²) < 4.78 is 25.3. The minimum Gasteiger partial charge on any atom is -0.200 e. The van der Waals surface area contributed by atoms with Crippen LogP contribution in [0.5, 0.6) is 0 Å². The molecule has 4 nitrogen and oxygen atoms in total. The molecular weight excluding hydrogens is 376 g/mol. The standard InChI is InChI=1S/C17H19BrN2O2S/c1-17(2,3)14-8-10-15(11-9-14)23(21,22)20-19-12-13-6-4-5-7-16(13)18/h4-12,20H,1-3H3/b19-12-. The molecule has 0 bridgehead atoms. The van der Waals surface area contributed by atoms with E-state index in [0.29, 0.717) is 0 Å². The van der Waals surface area contributed by atoms with Crippen molar-refractivity contribution in [3.63, 3.8) is 0 Å². The van der Waals surface area contributed by atoms with Crippen LogP contribution >= 0.6 is 15.9 Å². The minimum atomic E-state index is -3.67. The van der Waals surface area contributed by atoms with Gasteiger partial charge in [0.2, 0.25) is 0 Å². The highest BCUT2D eigenvalue weighted by atomic mass is 79.9. The maximum absolute atomic E-state index is 12.2. The van der Waals surface area contributed by atoms with Crippen molar-refractivity contribution in [3.05, 3.63) is 64.1 Å². The first-order valence-electron chi connectivity index (χ1n) is 7.10. The number of hydrogen-bond acceptors (Lipinski definition) is 3. The van der Waals surface area contributed by atoms with Gasteiger partial charge in [0.05, 0.1) is 11.1 Å². The average molecular weight is 395 g/mol. The molecule has 0 spiro atoms. The molecule has 2 aromatic rings. The normalized spacial score (nSPS) is 12.5. The number of rotatable bonds is 4. The molecule has 0 aromatic heterocycles. The van der Waals surface area contributed by atoms with E-state index in [9.17, 15) is 8.42 Å². The van der Waals surface area contributed by atoms with E-state index < -0.39 is 10.0 Å². The van der Waals surface area contributed by atoms with E-state index in [0.717, 1.165) is 15.6 Å². The molecule has 0 amide bonds. The van der Waals surface area contributed by atoms with Crippen LogP contribution in [0.1, 0.15) is 31.9 Å². The lowest BCUT2D eigenvalue weighted by Gasteiger charge is -2.19. The first-order valence-corrected chi connectivity index (χ1v) is 9.38. The Bertz CT molecular complexity index is 807. The molecule has 0 saturated carbocycles. The second kappa shape index (κ2) is 6.84. The Kier molecular flexibility index (Phi) is 5.26. The van der Waals surface area contributed by atoms with E-state index in [-0.39, 0.29) is 10.3 Å². The highest BCUT2D eigenvalue weighted by molar-refractivity contribution is 9.10. The Morgan fingerprint density at radius 3 is 2.22 bits per heavy atom. The van der Waals surface area contributed by atoms with Gasteiger partial charge in [0.15, 0.2) is 0 Å². The summed E-state index contributed by atoms with van der Waals surface area (Å²) >= 11 is 3.38. The van der Waals surface area contributed by atoms with Gasteiger partial charge in [-0.05, 0) is 29.2 Å². The van der Waals surface area contributed by atoms with Gasteiger partial charge in [0.1, 0.15) is 0 Å². The molecule has 0 aliphatic rings. The molecule has 0 radical (unpaired) electrons. The molecule has 1 N–H and O–H groups in total. The van der Waals surface area contributed by atoms with Crippen LogP contribution in [0, 0.1) is 0 Å². The van der Waals surface area contributed by atoms with Crippen LogP contribution in [0.15, 0.2) is 63.0 Å². The Morgan fingerprint density at radius 2 is 1.65 bits per heavy atom. The predicted molar refractivity (Wildman–Crippen MR) is 97.2 cm³/mol. The predicted octanol–water partition coefficient (Wildman–Crippen LogP) is 4.06. The van der Waals surface area contributed by atoms with Crippen molar-refractivity contribution in [2.45, 2.75) is 31.1 Å². The van der Waals surface area contributed by atoms with Gasteiger partial charge < -0.3 is 0 Å². The third kappa shape index (κ3) is 4.65. The van der Waals surface area contributed by atoms with Crippen molar-refractivity contribution < 1.29 is 8.42 Å². The van der Waals surface area contributed by atoms with Gasteiger partial charge in [0, 0.05) is 10.0 Å². The molecule has 0 fully saturated rings. The number of nitrogens with zero attached hydrogens (tertiary/aromatic N) is 1.